The first-order valence-corrected chi connectivity index (χ1v) is 5.99. The summed E-state index contributed by atoms with van der Waals surface area (Å²) in [5, 5.41) is 4.65. The van der Waals surface area contributed by atoms with Gasteiger partial charge in [-0.15, -0.1) is 0 Å². The van der Waals surface area contributed by atoms with Gasteiger partial charge in [-0.05, 0) is 13.8 Å². The summed E-state index contributed by atoms with van der Waals surface area (Å²) < 4.78 is 32.0. The number of nitrogens with two attached hydrogens (primary N) is 1. The van der Waals surface area contributed by atoms with E-state index in [-0.39, 0.29) is 13.2 Å². The van der Waals surface area contributed by atoms with Gasteiger partial charge in [0.2, 0.25) is 6.04 Å². The SMILES string of the molecule is CCOC(=O)C(NS(N)(=O)=O)C(=O)OCC. The van der Waals surface area contributed by atoms with Crippen molar-refractivity contribution in [1.29, 1.82) is 0 Å². The summed E-state index contributed by atoms with van der Waals surface area (Å²) in [5.74, 6) is -2.12. The molecular formula is C7H14N2O6S. The highest BCUT2D eigenvalue weighted by Crippen LogP contribution is 1.95. The van der Waals surface area contributed by atoms with Crippen LogP contribution in [0.5, 0.6) is 0 Å². The predicted octanol–water partition coefficient (Wildman–Crippen LogP) is -1.73. The van der Waals surface area contributed by atoms with E-state index in [9.17, 15) is 18.0 Å². The minimum atomic E-state index is -4.20. The first-order chi connectivity index (χ1) is 7.31. The molecule has 0 aliphatic heterocycles. The van der Waals surface area contributed by atoms with Crippen molar-refractivity contribution >= 4 is 22.1 Å². The molecule has 0 aromatic carbocycles. The lowest BCUT2D eigenvalue weighted by Gasteiger charge is -2.13. The van der Waals surface area contributed by atoms with Gasteiger partial charge in [-0.1, -0.05) is 0 Å². The molecule has 0 aromatic rings. The average Bonchev–Trinajstić information content (AvgIpc) is 2.13. The molecule has 0 heterocycles. The fourth-order valence-corrected chi connectivity index (χ4v) is 1.33. The van der Waals surface area contributed by atoms with E-state index in [2.05, 4.69) is 14.6 Å². The smallest absolute Gasteiger partial charge is 0.335 e. The fraction of sp³-hybridized carbons (Fsp3) is 0.714. The summed E-state index contributed by atoms with van der Waals surface area (Å²) in [6.07, 6.45) is 0. The minimum absolute atomic E-state index is 0.00103. The molecule has 94 valence electrons. The highest BCUT2D eigenvalue weighted by atomic mass is 32.2. The Morgan fingerprint density at radius 1 is 1.19 bits per heavy atom. The molecule has 0 bridgehead atoms. The van der Waals surface area contributed by atoms with Crippen molar-refractivity contribution < 1.29 is 27.5 Å². The summed E-state index contributed by atoms with van der Waals surface area (Å²) in [6, 6.07) is -1.77. The van der Waals surface area contributed by atoms with Gasteiger partial charge >= 0.3 is 11.9 Å². The lowest BCUT2D eigenvalue weighted by atomic mass is 10.3. The van der Waals surface area contributed by atoms with Gasteiger partial charge in [0.15, 0.2) is 0 Å². The number of carbonyl (C=O) groups is 2. The van der Waals surface area contributed by atoms with Crippen LogP contribution in [0.1, 0.15) is 13.8 Å². The Bertz CT molecular complexity index is 334. The fourth-order valence-electron chi connectivity index (χ4n) is 0.808. The molecule has 0 radical (unpaired) electrons. The second-order valence-electron chi connectivity index (χ2n) is 2.60. The number of rotatable bonds is 6. The Labute approximate surface area is 93.3 Å². The molecule has 0 saturated heterocycles. The van der Waals surface area contributed by atoms with Gasteiger partial charge in [0.05, 0.1) is 13.2 Å². The first-order valence-electron chi connectivity index (χ1n) is 4.45. The van der Waals surface area contributed by atoms with E-state index in [0.29, 0.717) is 0 Å². The summed E-state index contributed by atoms with van der Waals surface area (Å²) in [6.45, 7) is 3.02. The minimum Gasteiger partial charge on any atom is -0.464 e. The van der Waals surface area contributed by atoms with Crippen LogP contribution in [0, 0.1) is 0 Å². The number of carbonyl (C=O) groups excluding carboxylic acids is 2. The molecule has 3 N–H and O–H groups in total. The van der Waals surface area contributed by atoms with E-state index in [0.717, 1.165) is 0 Å². The lowest BCUT2D eigenvalue weighted by Crippen LogP contribution is -2.50. The van der Waals surface area contributed by atoms with Gasteiger partial charge < -0.3 is 9.47 Å². The Balaban J connectivity index is 4.76. The number of hydrogen-bond donors (Lipinski definition) is 2. The van der Waals surface area contributed by atoms with Crippen LogP contribution >= 0.6 is 0 Å². The summed E-state index contributed by atoms with van der Waals surface area (Å²) in [7, 11) is -4.20. The van der Waals surface area contributed by atoms with E-state index in [1.807, 2.05) is 0 Å². The molecule has 0 unspecified atom stereocenters. The Morgan fingerprint density at radius 3 is 1.81 bits per heavy atom. The topological polar surface area (TPSA) is 125 Å². The molecule has 0 rings (SSSR count). The quantitative estimate of drug-likeness (QED) is 0.429. The zero-order chi connectivity index (χ0) is 12.8. The van der Waals surface area contributed by atoms with Crippen molar-refractivity contribution in [2.45, 2.75) is 19.9 Å². The maximum atomic E-state index is 11.2. The van der Waals surface area contributed by atoms with Gasteiger partial charge in [-0.25, -0.2) is 14.7 Å². The zero-order valence-electron chi connectivity index (χ0n) is 8.93. The number of ether oxygens (including phenoxy) is 2. The molecule has 0 spiro atoms. The Morgan fingerprint density at radius 2 is 1.56 bits per heavy atom. The van der Waals surface area contributed by atoms with Crippen LogP contribution in [0.2, 0.25) is 0 Å². The van der Waals surface area contributed by atoms with Crippen LogP contribution in [0.4, 0.5) is 0 Å². The van der Waals surface area contributed by atoms with Crippen LogP contribution in [0.15, 0.2) is 0 Å². The highest BCUT2D eigenvalue weighted by Gasteiger charge is 2.32. The monoisotopic (exact) mass is 254 g/mol. The molecule has 16 heavy (non-hydrogen) atoms. The predicted molar refractivity (Wildman–Crippen MR) is 53.3 cm³/mol. The van der Waals surface area contributed by atoms with Gasteiger partial charge in [0.1, 0.15) is 0 Å². The summed E-state index contributed by atoms with van der Waals surface area (Å²) in [5.41, 5.74) is 0. The molecule has 9 heteroatoms. The third kappa shape index (κ3) is 5.63. The van der Waals surface area contributed by atoms with Crippen LogP contribution in [-0.2, 0) is 29.3 Å². The van der Waals surface area contributed by atoms with Crippen molar-refractivity contribution in [2.75, 3.05) is 13.2 Å². The maximum Gasteiger partial charge on any atom is 0.335 e. The standard InChI is InChI=1S/C7H14N2O6S/c1-3-14-6(10)5(7(11)15-4-2)9-16(8,12)13/h5,9H,3-4H2,1-2H3,(H2,8,12,13). The largest absolute Gasteiger partial charge is 0.464 e. The van der Waals surface area contributed by atoms with Crippen molar-refractivity contribution in [1.82, 2.24) is 4.72 Å². The molecule has 0 aliphatic rings. The van der Waals surface area contributed by atoms with Crippen molar-refractivity contribution in [2.24, 2.45) is 5.14 Å². The van der Waals surface area contributed by atoms with E-state index in [1.54, 1.807) is 4.72 Å². The molecule has 0 fully saturated rings. The molecule has 0 aromatic heterocycles. The third-order valence-corrected chi connectivity index (χ3v) is 1.89. The van der Waals surface area contributed by atoms with Crippen LogP contribution < -0.4 is 9.86 Å². The molecule has 0 atom stereocenters. The lowest BCUT2D eigenvalue weighted by molar-refractivity contribution is -0.157. The molecule has 0 saturated carbocycles. The molecular weight excluding hydrogens is 240 g/mol. The van der Waals surface area contributed by atoms with Crippen molar-refractivity contribution in [3.63, 3.8) is 0 Å². The van der Waals surface area contributed by atoms with Crippen molar-refractivity contribution in [3.05, 3.63) is 0 Å². The number of hydrogen-bond acceptors (Lipinski definition) is 6. The van der Waals surface area contributed by atoms with Crippen molar-refractivity contribution in [3.8, 4) is 0 Å². The molecule has 8 nitrogen and oxygen atoms in total. The summed E-state index contributed by atoms with van der Waals surface area (Å²) in [4.78, 5) is 22.5. The zero-order valence-corrected chi connectivity index (χ0v) is 9.74. The Hall–Kier alpha value is -1.19. The third-order valence-electron chi connectivity index (χ3n) is 1.33. The van der Waals surface area contributed by atoms with E-state index >= 15 is 0 Å². The number of nitrogens with one attached hydrogen (secondary N) is 1. The highest BCUT2D eigenvalue weighted by molar-refractivity contribution is 7.87. The van der Waals surface area contributed by atoms with Gasteiger partial charge in [-0.3, -0.25) is 0 Å². The van der Waals surface area contributed by atoms with Crippen LogP contribution in [0.25, 0.3) is 0 Å². The number of esters is 2. The normalized spacial score (nSPS) is 11.2. The average molecular weight is 254 g/mol. The second-order valence-corrected chi connectivity index (χ2v) is 3.93. The second kappa shape index (κ2) is 6.40. The summed E-state index contributed by atoms with van der Waals surface area (Å²) >= 11 is 0. The van der Waals surface area contributed by atoms with E-state index in [4.69, 9.17) is 0 Å². The van der Waals surface area contributed by atoms with Crippen LogP contribution in [-0.4, -0.2) is 39.6 Å². The molecule has 0 amide bonds. The first kappa shape index (κ1) is 14.8. The maximum absolute atomic E-state index is 11.2. The van der Waals surface area contributed by atoms with Gasteiger partial charge in [0, 0.05) is 0 Å². The molecule has 0 aliphatic carbocycles. The Kier molecular flexibility index (Phi) is 5.93. The van der Waals surface area contributed by atoms with E-state index < -0.39 is 28.2 Å². The van der Waals surface area contributed by atoms with Gasteiger partial charge in [-0.2, -0.15) is 13.1 Å². The van der Waals surface area contributed by atoms with Gasteiger partial charge in [0.25, 0.3) is 10.2 Å². The van der Waals surface area contributed by atoms with E-state index in [1.165, 1.54) is 13.8 Å². The van der Waals surface area contributed by atoms with Crippen LogP contribution in [0.3, 0.4) is 0 Å².